The quantitative estimate of drug-likeness (QED) is 0.479. The molecule has 26 valence electrons. The second-order valence-corrected chi connectivity index (χ2v) is 0. The monoisotopic (exact) mass is 246 g/mol. The van der Waals surface area contributed by atoms with E-state index in [9.17, 15) is 0 Å². The van der Waals surface area contributed by atoms with Gasteiger partial charge < -0.3 is 5.48 Å². The molecule has 0 bridgehead atoms. The molecule has 0 rings (SSSR count). The summed E-state index contributed by atoms with van der Waals surface area (Å²) in [6, 6.07) is 0. The third-order valence-corrected chi connectivity index (χ3v) is 0. The molecule has 0 saturated carbocycles. The topological polar surface area (TPSA) is 31.5 Å². The molecule has 1 nitrogen and oxygen atoms in total. The van der Waals surface area contributed by atoms with Crippen molar-refractivity contribution in [1.82, 2.24) is 0 Å². The molecule has 0 aromatic heterocycles. The molecule has 0 aliphatic heterocycles. The van der Waals surface area contributed by atoms with Gasteiger partial charge in [0.2, 0.25) is 0 Å². The molecule has 0 aromatic carbocycles. The van der Waals surface area contributed by atoms with Crippen LogP contribution in [0.5, 0.6) is 0 Å². The fourth-order valence-corrected chi connectivity index (χ4v) is 0. The first kappa shape index (κ1) is 68.2. The van der Waals surface area contributed by atoms with Crippen LogP contribution in [0.15, 0.2) is 0 Å². The predicted molar refractivity (Wildman–Crippen MR) is 9.37 cm³/mol. The minimum atomic E-state index is 0. The predicted octanol–water partition coefficient (Wildman–Crippen LogP) is -1.21. The van der Waals surface area contributed by atoms with E-state index in [0.717, 1.165) is 0 Å². The van der Waals surface area contributed by atoms with Crippen LogP contribution in [0.25, 0.3) is 0 Å². The summed E-state index contributed by atoms with van der Waals surface area (Å²) in [7, 11) is 0. The van der Waals surface area contributed by atoms with E-state index < -0.39 is 0 Å². The molecule has 0 aromatic rings. The minimum absolute atomic E-state index is 0. The number of hydrogen-bond donors (Lipinski definition) is 0. The van der Waals surface area contributed by atoms with Crippen LogP contribution >= 0.6 is 0 Å². The van der Waals surface area contributed by atoms with E-state index in [1.807, 2.05) is 0 Å². The molecular weight excluding hydrogens is 243 g/mol. The zero-order chi connectivity index (χ0) is 0. The van der Waals surface area contributed by atoms with Crippen molar-refractivity contribution in [3.63, 3.8) is 0 Å². The van der Waals surface area contributed by atoms with Gasteiger partial charge in [0.25, 0.3) is 0 Å². The molecule has 0 spiro atoms. The Morgan fingerprint density at radius 3 is 1.00 bits per heavy atom. The Morgan fingerprint density at radius 1 is 1.00 bits per heavy atom. The normalized spacial score (nSPS) is 0. The average Bonchev–Trinajstić information content (AvgIpc) is 0. The summed E-state index contributed by atoms with van der Waals surface area (Å²) in [5, 5.41) is 0. The van der Waals surface area contributed by atoms with Crippen LogP contribution in [0.4, 0.5) is 0 Å². The van der Waals surface area contributed by atoms with Gasteiger partial charge in [-0.3, -0.25) is 0 Å². The third kappa shape index (κ3) is 25.3. The fourth-order valence-electron chi connectivity index (χ4n) is 0. The van der Waals surface area contributed by atoms with Crippen molar-refractivity contribution in [2.45, 2.75) is 0 Å². The van der Waals surface area contributed by atoms with Crippen molar-refractivity contribution in [3.8, 4) is 0 Å². The molecule has 0 saturated heterocycles. The van der Waals surface area contributed by atoms with Gasteiger partial charge in [0, 0.05) is 66.0 Å². The molecule has 0 fully saturated rings. The van der Waals surface area contributed by atoms with Gasteiger partial charge in [0.05, 0.1) is 0 Å². The molecule has 4 radical (unpaired) electrons. The largest absolute Gasteiger partial charge is 0.412 e. The Bertz CT molecular complexity index is 11.6. The van der Waals surface area contributed by atoms with Crippen LogP contribution in [-0.4, -0.2) is 13.9 Å². The van der Waals surface area contributed by atoms with E-state index in [-0.39, 0.29) is 71.5 Å². The second-order valence-electron chi connectivity index (χ2n) is 0. The molecule has 2 N–H and O–H groups in total. The van der Waals surface area contributed by atoms with Gasteiger partial charge in [0.1, 0.15) is 0 Å². The summed E-state index contributed by atoms with van der Waals surface area (Å²) in [5.41, 5.74) is 0. The second kappa shape index (κ2) is 40.1. The fraction of sp³-hybridized carbons (Fsp3) is 0. The third-order valence-electron chi connectivity index (χ3n) is 0. The molecule has 0 aliphatic carbocycles. The first-order valence-corrected chi connectivity index (χ1v) is 0. The van der Waals surface area contributed by atoms with Gasteiger partial charge >= 0.3 is 0 Å². The Balaban J connectivity index is 0. The summed E-state index contributed by atoms with van der Waals surface area (Å²) < 4.78 is 0. The molecule has 0 amide bonds. The van der Waals surface area contributed by atoms with Gasteiger partial charge in [-0.1, -0.05) is 0 Å². The summed E-state index contributed by atoms with van der Waals surface area (Å²) in [6.45, 7) is 0. The maximum absolute atomic E-state index is 0. The Morgan fingerprint density at radius 2 is 1.00 bits per heavy atom. The van der Waals surface area contributed by atoms with Gasteiger partial charge in [-0.05, 0) is 0 Å². The van der Waals surface area contributed by atoms with E-state index in [2.05, 4.69) is 0 Å². The number of rotatable bonds is 0. The summed E-state index contributed by atoms with van der Waals surface area (Å²) in [5.74, 6) is 0. The average molecular weight is 245 g/mol. The maximum Gasteiger partial charge on any atom is 0 e. The zero-order valence-electron chi connectivity index (χ0n) is 2.57. The van der Waals surface area contributed by atoms with Gasteiger partial charge in [0.15, 0.2) is 0 Å². The van der Waals surface area contributed by atoms with Gasteiger partial charge in [-0.25, -0.2) is 0 Å². The van der Waals surface area contributed by atoms with Crippen LogP contribution in [0, 0.1) is 0 Å². The Kier molecular flexibility index (Phi) is 547. The van der Waals surface area contributed by atoms with Crippen molar-refractivity contribution in [1.29, 1.82) is 0 Å². The summed E-state index contributed by atoms with van der Waals surface area (Å²) in [4.78, 5) is 0. The standard InChI is InChI=1S/B.Mn.Mo.H2O.Zn/h;;;1H2;. The Labute approximate surface area is 71.0 Å². The molecule has 0 unspecified atom stereocenters. The van der Waals surface area contributed by atoms with Crippen molar-refractivity contribution < 1.29 is 63.1 Å². The summed E-state index contributed by atoms with van der Waals surface area (Å²) in [6.07, 6.45) is 0. The first-order valence-electron chi connectivity index (χ1n) is 0. The van der Waals surface area contributed by atoms with Crippen molar-refractivity contribution in [2.75, 3.05) is 0 Å². The van der Waals surface area contributed by atoms with Crippen molar-refractivity contribution in [2.24, 2.45) is 0 Å². The van der Waals surface area contributed by atoms with E-state index in [1.54, 1.807) is 0 Å². The van der Waals surface area contributed by atoms with Crippen LogP contribution in [-0.2, 0) is 57.6 Å². The maximum atomic E-state index is 0. The number of hydrogen-bond acceptors (Lipinski definition) is 0. The zero-order valence-corrected chi connectivity index (χ0v) is 8.73. The minimum Gasteiger partial charge on any atom is -0.412 e. The molecular formula is H2BMnMoOZn. The van der Waals surface area contributed by atoms with E-state index in [0.29, 0.717) is 0 Å². The molecule has 0 aliphatic rings. The van der Waals surface area contributed by atoms with Crippen LogP contribution < -0.4 is 0 Å². The Hall–Kier alpha value is 1.86. The van der Waals surface area contributed by atoms with Gasteiger partial charge in [-0.2, -0.15) is 0 Å². The van der Waals surface area contributed by atoms with Crippen LogP contribution in [0.2, 0.25) is 0 Å². The van der Waals surface area contributed by atoms with Crippen molar-refractivity contribution >= 4 is 8.41 Å². The van der Waals surface area contributed by atoms with E-state index in [1.165, 1.54) is 0 Å². The molecule has 5 heavy (non-hydrogen) atoms. The summed E-state index contributed by atoms with van der Waals surface area (Å²) >= 11 is 0. The molecule has 0 heterocycles. The SMILES string of the molecule is O.[B].[Mn].[Mo].[Zn]. The molecule has 0 atom stereocenters. The smallest absolute Gasteiger partial charge is 0 e. The van der Waals surface area contributed by atoms with Crippen LogP contribution in [0.1, 0.15) is 0 Å². The first-order chi connectivity index (χ1) is 0. The van der Waals surface area contributed by atoms with E-state index in [4.69, 9.17) is 0 Å². The molecule has 5 heteroatoms. The van der Waals surface area contributed by atoms with Crippen LogP contribution in [0.3, 0.4) is 0 Å². The van der Waals surface area contributed by atoms with Crippen molar-refractivity contribution in [3.05, 3.63) is 0 Å². The van der Waals surface area contributed by atoms with E-state index >= 15 is 0 Å². The van der Waals surface area contributed by atoms with Gasteiger partial charge in [-0.15, -0.1) is 0 Å².